The van der Waals surface area contributed by atoms with Crippen LogP contribution in [0.1, 0.15) is 5.56 Å². The smallest absolute Gasteiger partial charge is 0.203 e. The van der Waals surface area contributed by atoms with Gasteiger partial charge in [0.1, 0.15) is 13.2 Å². The van der Waals surface area contributed by atoms with Crippen LogP contribution < -0.4 is 19.5 Å². The van der Waals surface area contributed by atoms with Gasteiger partial charge in [-0.05, 0) is 24.7 Å². The summed E-state index contributed by atoms with van der Waals surface area (Å²) in [6.45, 7) is 1.96. The van der Waals surface area contributed by atoms with Gasteiger partial charge >= 0.3 is 0 Å². The third kappa shape index (κ3) is 2.51. The standard InChI is InChI=1S/C11H15NO3.ClH/c1-12-7-8-5-9(13-2)11-10(6-8)14-3-4-15-11;/h5-6,12H,3-4,7H2,1-2H3;1H. The lowest BCUT2D eigenvalue weighted by Crippen LogP contribution is -2.16. The molecule has 0 bridgehead atoms. The SMILES string of the molecule is CNCc1cc(OC)c2c(c1)OCCO2.Cl. The highest BCUT2D eigenvalue weighted by Gasteiger charge is 2.17. The van der Waals surface area contributed by atoms with Crippen molar-refractivity contribution in [3.63, 3.8) is 0 Å². The molecule has 0 saturated carbocycles. The molecule has 1 N–H and O–H groups in total. The van der Waals surface area contributed by atoms with Crippen LogP contribution in [0.15, 0.2) is 12.1 Å². The Kier molecular flexibility index (Phi) is 4.71. The van der Waals surface area contributed by atoms with Gasteiger partial charge in [0.05, 0.1) is 7.11 Å². The first-order valence-electron chi connectivity index (χ1n) is 4.96. The quantitative estimate of drug-likeness (QED) is 0.878. The van der Waals surface area contributed by atoms with Crippen molar-refractivity contribution in [2.24, 2.45) is 0 Å². The Balaban J connectivity index is 0.00000128. The Morgan fingerprint density at radius 3 is 2.75 bits per heavy atom. The van der Waals surface area contributed by atoms with Crippen LogP contribution in [-0.2, 0) is 6.54 Å². The van der Waals surface area contributed by atoms with Gasteiger partial charge in [-0.15, -0.1) is 12.4 Å². The van der Waals surface area contributed by atoms with E-state index in [1.807, 2.05) is 19.2 Å². The second-order valence-corrected chi connectivity index (χ2v) is 3.35. The van der Waals surface area contributed by atoms with Crippen molar-refractivity contribution in [3.05, 3.63) is 17.7 Å². The highest BCUT2D eigenvalue weighted by atomic mass is 35.5. The number of benzene rings is 1. The zero-order chi connectivity index (χ0) is 10.7. The summed E-state index contributed by atoms with van der Waals surface area (Å²) < 4.78 is 16.3. The molecule has 0 fully saturated rings. The van der Waals surface area contributed by atoms with Gasteiger partial charge in [0, 0.05) is 6.54 Å². The van der Waals surface area contributed by atoms with Crippen LogP contribution >= 0.6 is 12.4 Å². The molecule has 1 aliphatic heterocycles. The maximum Gasteiger partial charge on any atom is 0.203 e. The van der Waals surface area contributed by atoms with E-state index in [2.05, 4.69) is 5.32 Å². The molecule has 0 atom stereocenters. The number of hydrogen-bond donors (Lipinski definition) is 1. The van der Waals surface area contributed by atoms with Gasteiger partial charge in [0.25, 0.3) is 0 Å². The minimum absolute atomic E-state index is 0. The minimum Gasteiger partial charge on any atom is -0.493 e. The zero-order valence-electron chi connectivity index (χ0n) is 9.41. The molecule has 1 heterocycles. The van der Waals surface area contributed by atoms with Crippen LogP contribution in [0, 0.1) is 0 Å². The van der Waals surface area contributed by atoms with Gasteiger partial charge in [-0.1, -0.05) is 0 Å². The molecule has 1 aromatic rings. The number of hydrogen-bond acceptors (Lipinski definition) is 4. The van der Waals surface area contributed by atoms with E-state index in [-0.39, 0.29) is 12.4 Å². The summed E-state index contributed by atoms with van der Waals surface area (Å²) in [6, 6.07) is 3.94. The minimum atomic E-state index is 0. The number of methoxy groups -OCH3 is 1. The Morgan fingerprint density at radius 1 is 1.31 bits per heavy atom. The van der Waals surface area contributed by atoms with Gasteiger partial charge in [0.15, 0.2) is 11.5 Å². The predicted octanol–water partition coefficient (Wildman–Crippen LogP) is 1.61. The van der Waals surface area contributed by atoms with Gasteiger partial charge < -0.3 is 19.5 Å². The molecule has 4 nitrogen and oxygen atoms in total. The Bertz CT molecular complexity index is 340. The normalized spacial score (nSPS) is 12.9. The maximum absolute atomic E-state index is 5.52. The van der Waals surface area contributed by atoms with E-state index in [0.29, 0.717) is 19.0 Å². The van der Waals surface area contributed by atoms with E-state index in [9.17, 15) is 0 Å². The van der Waals surface area contributed by atoms with Gasteiger partial charge in [0.2, 0.25) is 5.75 Å². The fraction of sp³-hybridized carbons (Fsp3) is 0.455. The lowest BCUT2D eigenvalue weighted by Gasteiger charge is -2.21. The first-order chi connectivity index (χ1) is 7.35. The average Bonchev–Trinajstić information content (AvgIpc) is 2.28. The van der Waals surface area contributed by atoms with E-state index < -0.39 is 0 Å². The molecule has 5 heteroatoms. The van der Waals surface area contributed by atoms with Crippen molar-refractivity contribution in [3.8, 4) is 17.2 Å². The maximum atomic E-state index is 5.52. The Labute approximate surface area is 101 Å². The average molecular weight is 246 g/mol. The number of fused-ring (bicyclic) bond motifs is 1. The lowest BCUT2D eigenvalue weighted by atomic mass is 10.1. The third-order valence-electron chi connectivity index (χ3n) is 2.27. The second-order valence-electron chi connectivity index (χ2n) is 3.35. The van der Waals surface area contributed by atoms with Crippen molar-refractivity contribution in [2.45, 2.75) is 6.54 Å². The summed E-state index contributed by atoms with van der Waals surface area (Å²) in [6.07, 6.45) is 0. The second kappa shape index (κ2) is 5.82. The van der Waals surface area contributed by atoms with Crippen LogP contribution in [-0.4, -0.2) is 27.4 Å². The molecule has 0 radical (unpaired) electrons. The number of nitrogens with one attached hydrogen (secondary N) is 1. The molecule has 0 aromatic heterocycles. The van der Waals surface area contributed by atoms with Crippen LogP contribution in [0.5, 0.6) is 17.2 Å². The summed E-state index contributed by atoms with van der Waals surface area (Å²) in [5.41, 5.74) is 1.12. The zero-order valence-corrected chi connectivity index (χ0v) is 10.2. The van der Waals surface area contributed by atoms with Gasteiger partial charge in [-0.3, -0.25) is 0 Å². The van der Waals surface area contributed by atoms with E-state index in [4.69, 9.17) is 14.2 Å². The van der Waals surface area contributed by atoms with Crippen LogP contribution in [0.2, 0.25) is 0 Å². The summed E-state index contributed by atoms with van der Waals surface area (Å²) in [7, 11) is 3.54. The summed E-state index contributed by atoms with van der Waals surface area (Å²) in [5, 5.41) is 3.09. The van der Waals surface area contributed by atoms with Crippen LogP contribution in [0.3, 0.4) is 0 Å². The lowest BCUT2D eigenvalue weighted by molar-refractivity contribution is 0.165. The summed E-state index contributed by atoms with van der Waals surface area (Å²) in [5.74, 6) is 2.21. The first-order valence-corrected chi connectivity index (χ1v) is 4.96. The van der Waals surface area contributed by atoms with E-state index in [1.54, 1.807) is 7.11 Å². The highest BCUT2D eigenvalue weighted by Crippen LogP contribution is 2.40. The summed E-state index contributed by atoms with van der Waals surface area (Å²) in [4.78, 5) is 0. The molecule has 1 aromatic carbocycles. The van der Waals surface area contributed by atoms with Crippen LogP contribution in [0.4, 0.5) is 0 Å². The van der Waals surface area contributed by atoms with Crippen LogP contribution in [0.25, 0.3) is 0 Å². The van der Waals surface area contributed by atoms with E-state index in [0.717, 1.165) is 23.6 Å². The van der Waals surface area contributed by atoms with Gasteiger partial charge in [-0.2, -0.15) is 0 Å². The molecule has 16 heavy (non-hydrogen) atoms. The third-order valence-corrected chi connectivity index (χ3v) is 2.27. The molecular formula is C11H16ClNO3. The Morgan fingerprint density at radius 2 is 2.06 bits per heavy atom. The predicted molar refractivity (Wildman–Crippen MR) is 64.0 cm³/mol. The van der Waals surface area contributed by atoms with Crippen molar-refractivity contribution in [1.82, 2.24) is 5.32 Å². The van der Waals surface area contributed by atoms with Crippen molar-refractivity contribution in [1.29, 1.82) is 0 Å². The molecule has 90 valence electrons. The molecule has 1 aliphatic rings. The molecular weight excluding hydrogens is 230 g/mol. The monoisotopic (exact) mass is 245 g/mol. The fourth-order valence-corrected chi connectivity index (χ4v) is 1.63. The van der Waals surface area contributed by atoms with E-state index >= 15 is 0 Å². The largest absolute Gasteiger partial charge is 0.493 e. The molecule has 0 aliphatic carbocycles. The topological polar surface area (TPSA) is 39.7 Å². The van der Waals surface area contributed by atoms with Crippen molar-refractivity contribution in [2.75, 3.05) is 27.4 Å². The molecule has 0 amide bonds. The molecule has 0 spiro atoms. The van der Waals surface area contributed by atoms with Gasteiger partial charge in [-0.25, -0.2) is 0 Å². The molecule has 0 unspecified atom stereocenters. The molecule has 2 rings (SSSR count). The fourth-order valence-electron chi connectivity index (χ4n) is 1.63. The Hall–Kier alpha value is -1.13. The van der Waals surface area contributed by atoms with Crippen molar-refractivity contribution < 1.29 is 14.2 Å². The first kappa shape index (κ1) is 12.9. The summed E-state index contributed by atoms with van der Waals surface area (Å²) >= 11 is 0. The van der Waals surface area contributed by atoms with Crippen molar-refractivity contribution >= 4 is 12.4 Å². The molecule has 0 saturated heterocycles. The number of rotatable bonds is 3. The highest BCUT2D eigenvalue weighted by molar-refractivity contribution is 5.85. The van der Waals surface area contributed by atoms with E-state index in [1.165, 1.54) is 0 Å². The number of halogens is 1. The number of ether oxygens (including phenoxy) is 3.